The number of Topliss-reactive ketones (excluding diaryl/α,β-unsaturated/α-hetero) is 1. The lowest BCUT2D eigenvalue weighted by Crippen LogP contribution is -2.23. The Hall–Kier alpha value is -1.55. The van der Waals surface area contributed by atoms with E-state index in [0.29, 0.717) is 12.8 Å². The van der Waals surface area contributed by atoms with Gasteiger partial charge in [0.15, 0.2) is 6.29 Å². The van der Waals surface area contributed by atoms with Crippen LogP contribution < -0.4 is 9.47 Å². The number of benzene rings is 1. The minimum Gasteiger partial charge on any atom is -0.490 e. The molecule has 1 N–H and O–H groups in total. The van der Waals surface area contributed by atoms with Gasteiger partial charge in [-0.05, 0) is 64.2 Å². The van der Waals surface area contributed by atoms with E-state index in [1.165, 1.54) is 12.5 Å². The van der Waals surface area contributed by atoms with Crippen molar-refractivity contribution in [3.8, 4) is 11.5 Å². The summed E-state index contributed by atoms with van der Waals surface area (Å²) in [5.74, 6) is 1.75. The number of hydrogen-bond acceptors (Lipinski definition) is 4. The summed E-state index contributed by atoms with van der Waals surface area (Å²) in [4.78, 5) is 11.0. The zero-order chi connectivity index (χ0) is 16.4. The van der Waals surface area contributed by atoms with Crippen molar-refractivity contribution >= 4 is 5.78 Å². The van der Waals surface area contributed by atoms with E-state index in [4.69, 9.17) is 9.47 Å². The van der Waals surface area contributed by atoms with Crippen LogP contribution in [0, 0.1) is 20.8 Å². The van der Waals surface area contributed by atoms with Crippen molar-refractivity contribution in [3.05, 3.63) is 22.3 Å². The SMILES string of the molecule is CC(=O)CCC(O)Oc1c(C)c(C)c2c(c1C)CC[C@H](C)O2. The summed E-state index contributed by atoms with van der Waals surface area (Å²) in [5, 5.41) is 10.0. The van der Waals surface area contributed by atoms with Gasteiger partial charge in [-0.2, -0.15) is 0 Å². The Kier molecular flexibility index (Phi) is 5.12. The summed E-state index contributed by atoms with van der Waals surface area (Å²) in [5.41, 5.74) is 4.27. The van der Waals surface area contributed by atoms with Crippen molar-refractivity contribution in [2.45, 2.75) is 72.7 Å². The molecule has 122 valence electrons. The molecular formula is C18H26O4. The van der Waals surface area contributed by atoms with Crippen molar-refractivity contribution < 1.29 is 19.4 Å². The Balaban J connectivity index is 2.29. The largest absolute Gasteiger partial charge is 0.490 e. The molecule has 1 aliphatic heterocycles. The van der Waals surface area contributed by atoms with Gasteiger partial charge in [-0.1, -0.05) is 0 Å². The summed E-state index contributed by atoms with van der Waals surface area (Å²) in [7, 11) is 0. The van der Waals surface area contributed by atoms with Crippen LogP contribution in [0.15, 0.2) is 0 Å². The minimum absolute atomic E-state index is 0.0557. The monoisotopic (exact) mass is 306 g/mol. The summed E-state index contributed by atoms with van der Waals surface area (Å²) in [6.07, 6.45) is 1.87. The van der Waals surface area contributed by atoms with Gasteiger partial charge in [-0.15, -0.1) is 0 Å². The first-order valence-electron chi connectivity index (χ1n) is 7.94. The molecular weight excluding hydrogens is 280 g/mol. The van der Waals surface area contributed by atoms with Crippen LogP contribution in [0.3, 0.4) is 0 Å². The van der Waals surface area contributed by atoms with Gasteiger partial charge in [0.1, 0.15) is 17.3 Å². The second-order valence-corrected chi connectivity index (χ2v) is 6.29. The van der Waals surface area contributed by atoms with Crippen molar-refractivity contribution in [1.29, 1.82) is 0 Å². The van der Waals surface area contributed by atoms with Gasteiger partial charge < -0.3 is 19.4 Å². The van der Waals surface area contributed by atoms with Crippen molar-refractivity contribution in [3.63, 3.8) is 0 Å². The van der Waals surface area contributed by atoms with E-state index in [1.807, 2.05) is 20.8 Å². The van der Waals surface area contributed by atoms with Crippen molar-refractivity contribution in [2.75, 3.05) is 0 Å². The van der Waals surface area contributed by atoms with E-state index < -0.39 is 6.29 Å². The third kappa shape index (κ3) is 3.43. The number of hydrogen-bond donors (Lipinski definition) is 1. The molecule has 1 unspecified atom stereocenters. The third-order valence-electron chi connectivity index (χ3n) is 4.43. The molecule has 0 saturated heterocycles. The number of ketones is 1. The molecule has 22 heavy (non-hydrogen) atoms. The number of carbonyl (C=O) groups excluding carboxylic acids is 1. The molecule has 0 amide bonds. The lowest BCUT2D eigenvalue weighted by atomic mass is 9.92. The molecule has 0 aromatic heterocycles. The fourth-order valence-electron chi connectivity index (χ4n) is 2.92. The fourth-order valence-corrected chi connectivity index (χ4v) is 2.92. The Morgan fingerprint density at radius 2 is 2.00 bits per heavy atom. The Morgan fingerprint density at radius 3 is 2.64 bits per heavy atom. The average Bonchev–Trinajstić information content (AvgIpc) is 2.47. The second kappa shape index (κ2) is 6.69. The highest BCUT2D eigenvalue weighted by Gasteiger charge is 2.25. The van der Waals surface area contributed by atoms with Gasteiger partial charge in [0.05, 0.1) is 6.10 Å². The summed E-state index contributed by atoms with van der Waals surface area (Å²) < 4.78 is 11.7. The second-order valence-electron chi connectivity index (χ2n) is 6.29. The zero-order valence-corrected chi connectivity index (χ0v) is 14.2. The predicted molar refractivity (Wildman–Crippen MR) is 85.6 cm³/mol. The number of carbonyl (C=O) groups is 1. The highest BCUT2D eigenvalue weighted by molar-refractivity contribution is 5.75. The number of aliphatic hydroxyl groups is 1. The Labute approximate surface area is 132 Å². The van der Waals surface area contributed by atoms with Crippen LogP contribution in [0.25, 0.3) is 0 Å². The summed E-state index contributed by atoms with van der Waals surface area (Å²) in [6.45, 7) is 9.63. The van der Waals surface area contributed by atoms with Crippen LogP contribution in [-0.2, 0) is 11.2 Å². The molecule has 2 atom stereocenters. The Bertz CT molecular complexity index is 577. The Morgan fingerprint density at radius 1 is 1.32 bits per heavy atom. The molecule has 4 nitrogen and oxygen atoms in total. The smallest absolute Gasteiger partial charge is 0.197 e. The number of rotatable bonds is 5. The fraction of sp³-hybridized carbons (Fsp3) is 0.611. The molecule has 0 spiro atoms. The first-order chi connectivity index (χ1) is 10.3. The van der Waals surface area contributed by atoms with Gasteiger partial charge in [0, 0.05) is 18.4 Å². The standard InChI is InChI=1S/C18H26O4/c1-10(19)6-9-16(20)22-17-12(3)13(4)18-15(14(17)5)8-7-11(2)21-18/h11,16,20H,6-9H2,1-5H3/t11-,16?/m0/s1. The van der Waals surface area contributed by atoms with E-state index in [2.05, 4.69) is 6.92 Å². The molecule has 1 aromatic rings. The molecule has 0 radical (unpaired) electrons. The van der Waals surface area contributed by atoms with Crippen LogP contribution in [0.5, 0.6) is 11.5 Å². The molecule has 1 aliphatic rings. The quantitative estimate of drug-likeness (QED) is 0.847. The van der Waals surface area contributed by atoms with Crippen LogP contribution in [0.4, 0.5) is 0 Å². The topological polar surface area (TPSA) is 55.8 Å². The first-order valence-corrected chi connectivity index (χ1v) is 7.94. The highest BCUT2D eigenvalue weighted by Crippen LogP contribution is 2.41. The maximum absolute atomic E-state index is 11.0. The number of aliphatic hydroxyl groups excluding tert-OH is 1. The normalized spacial score (nSPS) is 18.4. The predicted octanol–water partition coefficient (Wildman–Crippen LogP) is 3.39. The van der Waals surface area contributed by atoms with Crippen molar-refractivity contribution in [1.82, 2.24) is 0 Å². The zero-order valence-electron chi connectivity index (χ0n) is 14.2. The average molecular weight is 306 g/mol. The van der Waals surface area contributed by atoms with E-state index >= 15 is 0 Å². The van der Waals surface area contributed by atoms with Gasteiger partial charge in [-0.3, -0.25) is 0 Å². The van der Waals surface area contributed by atoms with E-state index in [9.17, 15) is 9.90 Å². The molecule has 2 rings (SSSR count). The van der Waals surface area contributed by atoms with Gasteiger partial charge in [-0.25, -0.2) is 0 Å². The minimum atomic E-state index is -0.956. The molecule has 0 bridgehead atoms. The van der Waals surface area contributed by atoms with Crippen LogP contribution in [-0.4, -0.2) is 23.3 Å². The molecule has 1 heterocycles. The summed E-state index contributed by atoms with van der Waals surface area (Å²) in [6, 6.07) is 0. The van der Waals surface area contributed by atoms with E-state index in [0.717, 1.165) is 41.0 Å². The molecule has 0 saturated carbocycles. The maximum Gasteiger partial charge on any atom is 0.197 e. The van der Waals surface area contributed by atoms with E-state index in [-0.39, 0.29) is 11.9 Å². The van der Waals surface area contributed by atoms with Crippen molar-refractivity contribution in [2.24, 2.45) is 0 Å². The number of ether oxygens (including phenoxy) is 2. The van der Waals surface area contributed by atoms with Gasteiger partial charge >= 0.3 is 0 Å². The maximum atomic E-state index is 11.0. The van der Waals surface area contributed by atoms with E-state index in [1.54, 1.807) is 0 Å². The van der Waals surface area contributed by atoms with Crippen LogP contribution in [0.1, 0.15) is 55.4 Å². The molecule has 0 aliphatic carbocycles. The van der Waals surface area contributed by atoms with Crippen LogP contribution in [0.2, 0.25) is 0 Å². The third-order valence-corrected chi connectivity index (χ3v) is 4.43. The summed E-state index contributed by atoms with van der Waals surface area (Å²) >= 11 is 0. The van der Waals surface area contributed by atoms with Crippen LogP contribution >= 0.6 is 0 Å². The van der Waals surface area contributed by atoms with Gasteiger partial charge in [0.2, 0.25) is 0 Å². The highest BCUT2D eigenvalue weighted by atomic mass is 16.6. The number of fused-ring (bicyclic) bond motifs is 1. The first kappa shape index (κ1) is 16.8. The molecule has 4 heteroatoms. The molecule has 0 fully saturated rings. The molecule has 1 aromatic carbocycles. The van der Waals surface area contributed by atoms with Gasteiger partial charge in [0.25, 0.3) is 0 Å². The lowest BCUT2D eigenvalue weighted by molar-refractivity contribution is -0.118. The lowest BCUT2D eigenvalue weighted by Gasteiger charge is -2.29.